The molecule has 0 aliphatic heterocycles. The van der Waals surface area contributed by atoms with Gasteiger partial charge >= 0.3 is 5.97 Å². The average molecular weight is 253 g/mol. The van der Waals surface area contributed by atoms with Crippen molar-refractivity contribution in [1.82, 2.24) is 5.32 Å². The van der Waals surface area contributed by atoms with Crippen molar-refractivity contribution in [2.24, 2.45) is 0 Å². The fourth-order valence-corrected chi connectivity index (χ4v) is 2.06. The van der Waals surface area contributed by atoms with E-state index in [4.69, 9.17) is 5.11 Å². The number of nitrogens with one attached hydrogen (secondary N) is 1. The number of carbonyl (C=O) groups excluding carboxylic acids is 1. The molecule has 0 atom stereocenters. The second-order valence-corrected chi connectivity index (χ2v) is 4.56. The largest absolute Gasteiger partial charge is 0.478 e. The van der Waals surface area contributed by atoms with Gasteiger partial charge in [0.25, 0.3) is 0 Å². The molecule has 1 rings (SSSR count). The average Bonchev–Trinajstić information content (AvgIpc) is 2.69. The van der Waals surface area contributed by atoms with Gasteiger partial charge in [0, 0.05) is 17.7 Å². The molecule has 0 spiro atoms. The lowest BCUT2D eigenvalue weighted by Gasteiger charge is -2.06. The number of hydrogen-bond donors (Lipinski definition) is 2. The summed E-state index contributed by atoms with van der Waals surface area (Å²) in [4.78, 5) is 22.4. The van der Waals surface area contributed by atoms with Crippen LogP contribution in [0.4, 0.5) is 0 Å². The van der Waals surface area contributed by atoms with Gasteiger partial charge in [-0.15, -0.1) is 0 Å². The first kappa shape index (κ1) is 13.4. The number of carbonyl (C=O) groups is 2. The lowest BCUT2D eigenvalue weighted by atomic mass is 10.1. The Hall–Kier alpha value is -1.62. The number of rotatable bonds is 4. The molecule has 1 amide bonds. The number of amides is 1. The summed E-state index contributed by atoms with van der Waals surface area (Å²) in [7, 11) is 0. The van der Waals surface area contributed by atoms with Crippen LogP contribution in [0, 0.1) is 6.92 Å². The van der Waals surface area contributed by atoms with E-state index in [9.17, 15) is 9.59 Å². The van der Waals surface area contributed by atoms with Crippen LogP contribution >= 0.6 is 11.3 Å². The number of aryl methyl sites for hydroxylation is 1. The van der Waals surface area contributed by atoms with Crippen molar-refractivity contribution in [3.8, 4) is 0 Å². The molecule has 0 fully saturated rings. The highest BCUT2D eigenvalue weighted by molar-refractivity contribution is 7.08. The predicted octanol–water partition coefficient (Wildman–Crippen LogP) is 2.09. The molecule has 0 bridgehead atoms. The standard InChI is InChI=1S/C12H15NO3S/c1-7-5-17-6-10(7)4-13-11(14)8(2)9(3)12(15)16/h5-6H,4H2,1-3H3,(H,13,14)(H,15,16). The molecule has 0 radical (unpaired) electrons. The van der Waals surface area contributed by atoms with Crippen molar-refractivity contribution in [1.29, 1.82) is 0 Å². The molecule has 17 heavy (non-hydrogen) atoms. The van der Waals surface area contributed by atoms with Crippen molar-refractivity contribution in [3.05, 3.63) is 33.0 Å². The second kappa shape index (κ2) is 5.63. The third-order valence-electron chi connectivity index (χ3n) is 2.62. The molecule has 92 valence electrons. The van der Waals surface area contributed by atoms with Crippen LogP contribution in [0.25, 0.3) is 0 Å². The SMILES string of the molecule is CC(C(=O)O)=C(C)C(=O)NCc1cscc1C. The maximum Gasteiger partial charge on any atom is 0.331 e. The van der Waals surface area contributed by atoms with Crippen LogP contribution in [0.5, 0.6) is 0 Å². The van der Waals surface area contributed by atoms with Gasteiger partial charge in [-0.25, -0.2) is 4.79 Å². The smallest absolute Gasteiger partial charge is 0.331 e. The third-order valence-corrected chi connectivity index (χ3v) is 3.54. The molecule has 0 aromatic carbocycles. The van der Waals surface area contributed by atoms with Crippen molar-refractivity contribution in [3.63, 3.8) is 0 Å². The highest BCUT2D eigenvalue weighted by atomic mass is 32.1. The molecule has 0 aliphatic carbocycles. The highest BCUT2D eigenvalue weighted by Gasteiger charge is 2.12. The van der Waals surface area contributed by atoms with E-state index in [0.29, 0.717) is 6.54 Å². The van der Waals surface area contributed by atoms with Gasteiger partial charge < -0.3 is 10.4 Å². The predicted molar refractivity (Wildman–Crippen MR) is 66.9 cm³/mol. The Morgan fingerprint density at radius 2 is 1.94 bits per heavy atom. The van der Waals surface area contributed by atoms with E-state index < -0.39 is 5.97 Å². The van der Waals surface area contributed by atoms with Crippen molar-refractivity contribution in [2.45, 2.75) is 27.3 Å². The fraction of sp³-hybridized carbons (Fsp3) is 0.333. The first-order chi connectivity index (χ1) is 7.93. The summed E-state index contributed by atoms with van der Waals surface area (Å²) in [6.07, 6.45) is 0. The summed E-state index contributed by atoms with van der Waals surface area (Å²) < 4.78 is 0. The molecular weight excluding hydrogens is 238 g/mol. The lowest BCUT2D eigenvalue weighted by molar-refractivity contribution is -0.133. The molecule has 0 unspecified atom stereocenters. The Morgan fingerprint density at radius 1 is 1.29 bits per heavy atom. The maximum atomic E-state index is 11.7. The normalized spacial score (nSPS) is 11.9. The van der Waals surface area contributed by atoms with Crippen molar-refractivity contribution in [2.75, 3.05) is 0 Å². The summed E-state index contributed by atoms with van der Waals surface area (Å²) in [6, 6.07) is 0. The molecule has 0 saturated heterocycles. The van der Waals surface area contributed by atoms with Gasteiger partial charge in [-0.1, -0.05) is 0 Å². The zero-order valence-corrected chi connectivity index (χ0v) is 10.9. The minimum absolute atomic E-state index is 0.0736. The van der Waals surface area contributed by atoms with E-state index in [1.807, 2.05) is 17.7 Å². The van der Waals surface area contributed by atoms with Crippen LogP contribution in [0.1, 0.15) is 25.0 Å². The molecule has 1 aromatic heterocycles. The highest BCUT2D eigenvalue weighted by Crippen LogP contribution is 2.13. The molecule has 0 saturated carbocycles. The molecule has 5 heteroatoms. The Bertz CT molecular complexity index is 474. The monoisotopic (exact) mass is 253 g/mol. The first-order valence-corrected chi connectivity index (χ1v) is 6.08. The van der Waals surface area contributed by atoms with E-state index in [-0.39, 0.29) is 17.1 Å². The van der Waals surface area contributed by atoms with Gasteiger partial charge in [-0.05, 0) is 42.7 Å². The van der Waals surface area contributed by atoms with Crippen LogP contribution in [0.2, 0.25) is 0 Å². The lowest BCUT2D eigenvalue weighted by Crippen LogP contribution is -2.25. The summed E-state index contributed by atoms with van der Waals surface area (Å²) in [5.41, 5.74) is 2.51. The van der Waals surface area contributed by atoms with Gasteiger partial charge in [0.1, 0.15) is 0 Å². The summed E-state index contributed by atoms with van der Waals surface area (Å²) >= 11 is 1.58. The van der Waals surface area contributed by atoms with E-state index >= 15 is 0 Å². The zero-order valence-electron chi connectivity index (χ0n) is 10.0. The zero-order chi connectivity index (χ0) is 13.0. The van der Waals surface area contributed by atoms with Crippen LogP contribution in [0.3, 0.4) is 0 Å². The Morgan fingerprint density at radius 3 is 2.41 bits per heavy atom. The van der Waals surface area contributed by atoms with Gasteiger partial charge in [0.2, 0.25) is 5.91 Å². The third kappa shape index (κ3) is 3.42. The van der Waals surface area contributed by atoms with E-state index in [0.717, 1.165) is 11.1 Å². The number of thiophene rings is 1. The number of aliphatic carboxylic acids is 1. The van der Waals surface area contributed by atoms with Gasteiger partial charge in [-0.3, -0.25) is 4.79 Å². The van der Waals surface area contributed by atoms with Gasteiger partial charge in [0.15, 0.2) is 0 Å². The summed E-state index contributed by atoms with van der Waals surface area (Å²) in [5, 5.41) is 15.4. The molecule has 1 aromatic rings. The Balaban J connectivity index is 2.65. The number of hydrogen-bond acceptors (Lipinski definition) is 3. The van der Waals surface area contributed by atoms with Gasteiger partial charge in [-0.2, -0.15) is 11.3 Å². The van der Waals surface area contributed by atoms with Crippen molar-refractivity contribution >= 4 is 23.2 Å². The van der Waals surface area contributed by atoms with E-state index in [2.05, 4.69) is 5.32 Å². The van der Waals surface area contributed by atoms with E-state index in [1.54, 1.807) is 11.3 Å². The summed E-state index contributed by atoms with van der Waals surface area (Å²) in [6.45, 7) is 5.34. The van der Waals surface area contributed by atoms with E-state index in [1.165, 1.54) is 13.8 Å². The molecule has 4 nitrogen and oxygen atoms in total. The molecule has 0 aliphatic rings. The van der Waals surface area contributed by atoms with Crippen LogP contribution < -0.4 is 5.32 Å². The molecule has 1 heterocycles. The minimum Gasteiger partial charge on any atom is -0.478 e. The fourth-order valence-electron chi connectivity index (χ4n) is 1.21. The van der Waals surface area contributed by atoms with Crippen LogP contribution in [0.15, 0.2) is 21.9 Å². The quantitative estimate of drug-likeness (QED) is 0.807. The Labute approximate surface area is 104 Å². The topological polar surface area (TPSA) is 66.4 Å². The maximum absolute atomic E-state index is 11.7. The first-order valence-electron chi connectivity index (χ1n) is 5.14. The Kier molecular flexibility index (Phi) is 4.45. The van der Waals surface area contributed by atoms with Crippen LogP contribution in [-0.2, 0) is 16.1 Å². The molecular formula is C12H15NO3S. The number of carboxylic acids is 1. The van der Waals surface area contributed by atoms with Gasteiger partial charge in [0.05, 0.1) is 0 Å². The minimum atomic E-state index is -1.07. The number of carboxylic acid groups (broad SMARTS) is 1. The van der Waals surface area contributed by atoms with Crippen molar-refractivity contribution < 1.29 is 14.7 Å². The molecule has 2 N–H and O–H groups in total. The second-order valence-electron chi connectivity index (χ2n) is 3.82. The van der Waals surface area contributed by atoms with Crippen LogP contribution in [-0.4, -0.2) is 17.0 Å². The summed E-state index contributed by atoms with van der Waals surface area (Å²) in [5.74, 6) is -1.40.